The molecule has 0 heterocycles. The van der Waals surface area contributed by atoms with E-state index in [1.54, 1.807) is 0 Å². The molecular weight excluding hydrogens is 242 g/mol. The zero-order chi connectivity index (χ0) is 14.8. The highest BCUT2D eigenvalue weighted by Crippen LogP contribution is 2.23. The van der Waals surface area contributed by atoms with Crippen LogP contribution in [0.3, 0.4) is 0 Å². The van der Waals surface area contributed by atoms with Gasteiger partial charge in [0.15, 0.2) is 0 Å². The van der Waals surface area contributed by atoms with E-state index in [0.717, 1.165) is 0 Å². The lowest BCUT2D eigenvalue weighted by Crippen LogP contribution is -2.30. The molecule has 0 aliphatic heterocycles. The maximum absolute atomic E-state index is 6.26. The number of nitrogens with two attached hydrogens (primary N) is 1. The summed E-state index contributed by atoms with van der Waals surface area (Å²) < 4.78 is 0. The summed E-state index contributed by atoms with van der Waals surface area (Å²) in [5.41, 5.74) is 8.77. The summed E-state index contributed by atoms with van der Waals surface area (Å²) >= 11 is 0. The molecule has 0 aliphatic rings. The molecule has 0 fully saturated rings. The van der Waals surface area contributed by atoms with Crippen molar-refractivity contribution in [3.8, 4) is 0 Å². The average Bonchev–Trinajstić information content (AvgIpc) is 2.41. The molecule has 0 spiro atoms. The van der Waals surface area contributed by atoms with Crippen LogP contribution in [0.15, 0.2) is 24.3 Å². The normalized spacial score (nSPS) is 11.8. The van der Waals surface area contributed by atoms with Gasteiger partial charge in [0.1, 0.15) is 0 Å². The predicted molar refractivity (Wildman–Crippen MR) is 90.0 cm³/mol. The van der Waals surface area contributed by atoms with Gasteiger partial charge >= 0.3 is 0 Å². The zero-order valence-corrected chi connectivity index (χ0v) is 13.8. The second kappa shape index (κ2) is 9.18. The molecule has 0 aromatic heterocycles. The molecule has 114 valence electrons. The van der Waals surface area contributed by atoms with E-state index in [-0.39, 0.29) is 5.54 Å². The van der Waals surface area contributed by atoms with Crippen molar-refractivity contribution in [2.24, 2.45) is 5.73 Å². The van der Waals surface area contributed by atoms with E-state index in [4.69, 9.17) is 5.73 Å². The standard InChI is InChI=1S/C19H33N/c1-4-5-6-7-8-9-10-11-14-17-15-12-13-16-18(17)19(2,3)20/h12-13,15-16H,4-11,14,20H2,1-3H3. The van der Waals surface area contributed by atoms with Gasteiger partial charge in [0.25, 0.3) is 0 Å². The second-order valence-electron chi connectivity index (χ2n) is 6.60. The highest BCUT2D eigenvalue weighted by molar-refractivity contribution is 5.32. The molecular formula is C19H33N. The average molecular weight is 275 g/mol. The maximum Gasteiger partial charge on any atom is 0.0355 e. The molecule has 1 heteroatoms. The molecule has 0 radical (unpaired) electrons. The van der Waals surface area contributed by atoms with Gasteiger partial charge in [0.2, 0.25) is 0 Å². The van der Waals surface area contributed by atoms with Crippen LogP contribution in [0.2, 0.25) is 0 Å². The molecule has 1 rings (SSSR count). The van der Waals surface area contributed by atoms with Crippen LogP contribution in [0.25, 0.3) is 0 Å². The van der Waals surface area contributed by atoms with Gasteiger partial charge in [-0.2, -0.15) is 0 Å². The van der Waals surface area contributed by atoms with Crippen molar-refractivity contribution in [1.29, 1.82) is 0 Å². The number of unbranched alkanes of at least 4 members (excludes halogenated alkanes) is 7. The molecule has 0 saturated heterocycles. The van der Waals surface area contributed by atoms with Crippen molar-refractivity contribution >= 4 is 0 Å². The van der Waals surface area contributed by atoms with Crippen LogP contribution >= 0.6 is 0 Å². The Bertz CT molecular complexity index is 362. The molecule has 0 unspecified atom stereocenters. The first-order valence-corrected chi connectivity index (χ1v) is 8.43. The Morgan fingerprint density at radius 2 is 1.40 bits per heavy atom. The van der Waals surface area contributed by atoms with Crippen LogP contribution in [0.4, 0.5) is 0 Å². The smallest absolute Gasteiger partial charge is 0.0355 e. The highest BCUT2D eigenvalue weighted by atomic mass is 14.7. The molecule has 0 atom stereocenters. The summed E-state index contributed by atoms with van der Waals surface area (Å²) in [6, 6.07) is 8.65. The van der Waals surface area contributed by atoms with Crippen molar-refractivity contribution in [2.75, 3.05) is 0 Å². The summed E-state index contributed by atoms with van der Waals surface area (Å²) in [7, 11) is 0. The number of hydrogen-bond donors (Lipinski definition) is 1. The van der Waals surface area contributed by atoms with Crippen molar-refractivity contribution in [3.05, 3.63) is 35.4 Å². The fraction of sp³-hybridized carbons (Fsp3) is 0.684. The van der Waals surface area contributed by atoms with Crippen LogP contribution in [0, 0.1) is 0 Å². The van der Waals surface area contributed by atoms with E-state index >= 15 is 0 Å². The van der Waals surface area contributed by atoms with Crippen molar-refractivity contribution < 1.29 is 0 Å². The van der Waals surface area contributed by atoms with Crippen molar-refractivity contribution in [3.63, 3.8) is 0 Å². The van der Waals surface area contributed by atoms with Crippen molar-refractivity contribution in [2.45, 2.75) is 84.1 Å². The van der Waals surface area contributed by atoms with Gasteiger partial charge in [0, 0.05) is 5.54 Å². The molecule has 1 aromatic rings. The van der Waals surface area contributed by atoms with Gasteiger partial charge in [-0.1, -0.05) is 76.1 Å². The predicted octanol–water partition coefficient (Wildman–Crippen LogP) is 5.56. The Kier molecular flexibility index (Phi) is 7.91. The Hall–Kier alpha value is -0.820. The SMILES string of the molecule is CCCCCCCCCCc1ccccc1C(C)(C)N. The number of hydrogen-bond acceptors (Lipinski definition) is 1. The van der Waals surface area contributed by atoms with Gasteiger partial charge in [-0.05, 0) is 37.8 Å². The van der Waals surface area contributed by atoms with Gasteiger partial charge in [-0.25, -0.2) is 0 Å². The Labute approximate surface area is 126 Å². The number of benzene rings is 1. The molecule has 20 heavy (non-hydrogen) atoms. The third-order valence-corrected chi connectivity index (χ3v) is 4.01. The fourth-order valence-electron chi connectivity index (χ4n) is 2.82. The lowest BCUT2D eigenvalue weighted by atomic mass is 9.89. The van der Waals surface area contributed by atoms with Crippen molar-refractivity contribution in [1.82, 2.24) is 0 Å². The van der Waals surface area contributed by atoms with Crippen LogP contribution in [0.5, 0.6) is 0 Å². The van der Waals surface area contributed by atoms with Crippen LogP contribution in [-0.2, 0) is 12.0 Å². The number of aryl methyl sites for hydroxylation is 1. The first kappa shape index (κ1) is 17.2. The van der Waals surface area contributed by atoms with E-state index in [1.165, 1.54) is 68.9 Å². The first-order valence-electron chi connectivity index (χ1n) is 8.43. The lowest BCUT2D eigenvalue weighted by Gasteiger charge is -2.22. The van der Waals surface area contributed by atoms with Gasteiger partial charge < -0.3 is 5.73 Å². The molecule has 1 aromatic carbocycles. The van der Waals surface area contributed by atoms with Crippen LogP contribution < -0.4 is 5.73 Å². The van der Waals surface area contributed by atoms with Gasteiger partial charge in [-0.15, -0.1) is 0 Å². The fourth-order valence-corrected chi connectivity index (χ4v) is 2.82. The monoisotopic (exact) mass is 275 g/mol. The topological polar surface area (TPSA) is 26.0 Å². The molecule has 0 bridgehead atoms. The van der Waals surface area contributed by atoms with E-state index in [1.807, 2.05) is 0 Å². The van der Waals surface area contributed by atoms with Crippen LogP contribution in [-0.4, -0.2) is 0 Å². The summed E-state index contributed by atoms with van der Waals surface area (Å²) in [5.74, 6) is 0. The molecule has 1 nitrogen and oxygen atoms in total. The summed E-state index contributed by atoms with van der Waals surface area (Å²) in [6.45, 7) is 6.47. The van der Waals surface area contributed by atoms with E-state index < -0.39 is 0 Å². The first-order chi connectivity index (χ1) is 9.55. The quantitative estimate of drug-likeness (QED) is 0.555. The summed E-state index contributed by atoms with van der Waals surface area (Å²) in [4.78, 5) is 0. The minimum absolute atomic E-state index is 0.225. The van der Waals surface area contributed by atoms with Crippen LogP contribution in [0.1, 0.15) is 83.3 Å². The second-order valence-corrected chi connectivity index (χ2v) is 6.60. The van der Waals surface area contributed by atoms with Gasteiger partial charge in [0.05, 0.1) is 0 Å². The molecule has 0 saturated carbocycles. The molecule has 2 N–H and O–H groups in total. The van der Waals surface area contributed by atoms with E-state index in [2.05, 4.69) is 45.0 Å². The minimum atomic E-state index is -0.225. The Morgan fingerprint density at radius 3 is 2.00 bits per heavy atom. The molecule has 0 aliphatic carbocycles. The minimum Gasteiger partial charge on any atom is -0.322 e. The Balaban J connectivity index is 2.26. The largest absolute Gasteiger partial charge is 0.322 e. The number of rotatable bonds is 10. The molecule has 0 amide bonds. The summed E-state index contributed by atoms with van der Waals surface area (Å²) in [6.07, 6.45) is 12.2. The highest BCUT2D eigenvalue weighted by Gasteiger charge is 2.17. The van der Waals surface area contributed by atoms with Gasteiger partial charge in [-0.3, -0.25) is 0 Å². The van der Waals surface area contributed by atoms with E-state index in [0.29, 0.717) is 0 Å². The zero-order valence-electron chi connectivity index (χ0n) is 13.8. The Morgan fingerprint density at radius 1 is 0.850 bits per heavy atom. The lowest BCUT2D eigenvalue weighted by molar-refractivity contribution is 0.541. The summed E-state index contributed by atoms with van der Waals surface area (Å²) in [5, 5.41) is 0. The maximum atomic E-state index is 6.26. The third kappa shape index (κ3) is 6.56. The van der Waals surface area contributed by atoms with E-state index in [9.17, 15) is 0 Å². The third-order valence-electron chi connectivity index (χ3n) is 4.01.